The monoisotopic (exact) mass is 455 g/mol. The van der Waals surface area contributed by atoms with Gasteiger partial charge in [0.15, 0.2) is 0 Å². The smallest absolute Gasteiger partial charge is 0.236 e. The van der Waals surface area contributed by atoms with Crippen LogP contribution in [0.5, 0.6) is 0 Å². The lowest BCUT2D eigenvalue weighted by atomic mass is 9.91. The van der Waals surface area contributed by atoms with Crippen LogP contribution in [-0.4, -0.2) is 65.9 Å². The lowest BCUT2D eigenvalue weighted by molar-refractivity contribution is -0.135. The molecule has 2 heterocycles. The molecule has 0 radical (unpaired) electrons. The number of carbonyl (C=O) groups is 1. The average Bonchev–Trinajstić information content (AvgIpc) is 2.79. The van der Waals surface area contributed by atoms with Crippen LogP contribution in [0.3, 0.4) is 0 Å². The number of nitrogens with zero attached hydrogens (tertiary/aromatic N) is 3. The number of piperazine rings is 1. The summed E-state index contributed by atoms with van der Waals surface area (Å²) < 4.78 is 27.2. The van der Waals surface area contributed by atoms with Gasteiger partial charge in [-0.1, -0.05) is 38.5 Å². The van der Waals surface area contributed by atoms with Crippen molar-refractivity contribution in [2.45, 2.75) is 52.1 Å². The van der Waals surface area contributed by atoms with Gasteiger partial charge in [-0.15, -0.1) is 0 Å². The second kappa shape index (κ2) is 10.7. The third-order valence-corrected chi connectivity index (χ3v) is 7.11. The molecular weight excluding hydrogens is 420 g/mol. The van der Waals surface area contributed by atoms with Crippen LogP contribution in [0.15, 0.2) is 36.4 Å². The topological polar surface area (TPSA) is 26.8 Å². The van der Waals surface area contributed by atoms with E-state index in [4.69, 9.17) is 0 Å². The van der Waals surface area contributed by atoms with E-state index in [2.05, 4.69) is 9.80 Å². The van der Waals surface area contributed by atoms with Crippen molar-refractivity contribution < 1.29 is 13.6 Å². The number of hydrogen-bond acceptors (Lipinski definition) is 3. The predicted molar refractivity (Wildman–Crippen MR) is 128 cm³/mol. The molecule has 0 bridgehead atoms. The minimum Gasteiger partial charge on any atom is -0.339 e. The molecule has 2 aliphatic heterocycles. The largest absolute Gasteiger partial charge is 0.339 e. The van der Waals surface area contributed by atoms with Gasteiger partial charge in [-0.25, -0.2) is 8.78 Å². The summed E-state index contributed by atoms with van der Waals surface area (Å²) >= 11 is 0. The van der Waals surface area contributed by atoms with Gasteiger partial charge in [0.25, 0.3) is 0 Å². The Morgan fingerprint density at radius 3 is 2.21 bits per heavy atom. The molecule has 0 unspecified atom stereocenters. The first kappa shape index (κ1) is 23.8. The van der Waals surface area contributed by atoms with Crippen molar-refractivity contribution in [3.8, 4) is 11.1 Å². The number of hydrogen-bond donors (Lipinski definition) is 0. The normalized spacial score (nSPS) is 19.3. The SMILES string of the molecule is CC.O=C(CN1CCc2cc(-c3cc(F)cc(F)c3)ccc2C1)N1CCN(C2CCC2)CC1. The van der Waals surface area contributed by atoms with E-state index in [1.807, 2.05) is 36.9 Å². The number of benzene rings is 2. The lowest BCUT2D eigenvalue weighted by Crippen LogP contribution is -2.55. The fraction of sp³-hybridized carbons (Fsp3) is 0.519. The molecule has 1 saturated heterocycles. The number of fused-ring (bicyclic) bond motifs is 1. The average molecular weight is 456 g/mol. The third-order valence-electron chi connectivity index (χ3n) is 7.11. The van der Waals surface area contributed by atoms with Crippen LogP contribution in [0.2, 0.25) is 0 Å². The summed E-state index contributed by atoms with van der Waals surface area (Å²) in [6.45, 7) is 9.70. The minimum absolute atomic E-state index is 0.226. The summed E-state index contributed by atoms with van der Waals surface area (Å²) in [7, 11) is 0. The first-order valence-corrected chi connectivity index (χ1v) is 12.4. The Labute approximate surface area is 196 Å². The predicted octanol–water partition coefficient (Wildman–Crippen LogP) is 4.71. The Hall–Kier alpha value is -2.31. The van der Waals surface area contributed by atoms with Crippen LogP contribution in [0.25, 0.3) is 11.1 Å². The second-order valence-electron chi connectivity index (χ2n) is 9.10. The van der Waals surface area contributed by atoms with E-state index in [1.165, 1.54) is 42.5 Å². The second-order valence-corrected chi connectivity index (χ2v) is 9.10. The van der Waals surface area contributed by atoms with E-state index in [9.17, 15) is 13.6 Å². The number of carbonyl (C=O) groups excluding carboxylic acids is 1. The number of rotatable bonds is 4. The van der Waals surface area contributed by atoms with Crippen LogP contribution >= 0.6 is 0 Å². The fourth-order valence-corrected chi connectivity index (χ4v) is 5.03. The molecule has 178 valence electrons. The highest BCUT2D eigenvalue weighted by molar-refractivity contribution is 5.78. The molecule has 3 aliphatic rings. The highest BCUT2D eigenvalue weighted by Crippen LogP contribution is 2.28. The maximum absolute atomic E-state index is 13.6. The van der Waals surface area contributed by atoms with Crippen molar-refractivity contribution in [3.05, 3.63) is 59.2 Å². The Bertz CT molecular complexity index is 948. The van der Waals surface area contributed by atoms with E-state index < -0.39 is 11.6 Å². The number of halogens is 2. The first-order valence-electron chi connectivity index (χ1n) is 12.4. The minimum atomic E-state index is -0.564. The molecule has 0 aromatic heterocycles. The van der Waals surface area contributed by atoms with Crippen molar-refractivity contribution in [1.29, 1.82) is 0 Å². The van der Waals surface area contributed by atoms with E-state index in [-0.39, 0.29) is 5.91 Å². The Kier molecular flexibility index (Phi) is 7.76. The fourth-order valence-electron chi connectivity index (χ4n) is 5.03. The van der Waals surface area contributed by atoms with Crippen molar-refractivity contribution in [1.82, 2.24) is 14.7 Å². The lowest BCUT2D eigenvalue weighted by Gasteiger charge is -2.43. The Balaban J connectivity index is 0.00000126. The van der Waals surface area contributed by atoms with Crippen molar-refractivity contribution in [3.63, 3.8) is 0 Å². The summed E-state index contributed by atoms with van der Waals surface area (Å²) in [6.07, 6.45) is 4.82. The van der Waals surface area contributed by atoms with Gasteiger partial charge in [-0.3, -0.25) is 14.6 Å². The van der Waals surface area contributed by atoms with Crippen LogP contribution in [0.1, 0.15) is 44.2 Å². The molecule has 0 N–H and O–H groups in total. The molecule has 2 aromatic carbocycles. The first-order chi connectivity index (χ1) is 16.0. The van der Waals surface area contributed by atoms with Gasteiger partial charge in [0.2, 0.25) is 5.91 Å². The maximum atomic E-state index is 13.6. The molecule has 0 atom stereocenters. The Morgan fingerprint density at radius 1 is 0.879 bits per heavy atom. The zero-order chi connectivity index (χ0) is 23.4. The molecule has 1 saturated carbocycles. The zero-order valence-electron chi connectivity index (χ0n) is 19.8. The van der Waals surface area contributed by atoms with E-state index in [0.717, 1.165) is 63.4 Å². The van der Waals surface area contributed by atoms with Crippen molar-refractivity contribution in [2.24, 2.45) is 0 Å². The quantitative estimate of drug-likeness (QED) is 0.668. The van der Waals surface area contributed by atoms with E-state index in [0.29, 0.717) is 12.1 Å². The molecule has 33 heavy (non-hydrogen) atoms. The van der Waals surface area contributed by atoms with E-state index >= 15 is 0 Å². The van der Waals surface area contributed by atoms with Gasteiger partial charge < -0.3 is 4.90 Å². The highest BCUT2D eigenvalue weighted by Gasteiger charge is 2.30. The molecule has 1 aliphatic carbocycles. The molecule has 2 fully saturated rings. The molecule has 6 heteroatoms. The molecule has 5 rings (SSSR count). The number of amides is 1. The molecule has 1 amide bonds. The molecule has 2 aromatic rings. The van der Waals surface area contributed by atoms with Crippen molar-refractivity contribution >= 4 is 5.91 Å². The summed E-state index contributed by atoms with van der Waals surface area (Å²) in [5, 5.41) is 0. The molecule has 4 nitrogen and oxygen atoms in total. The molecule has 0 spiro atoms. The van der Waals surface area contributed by atoms with Crippen LogP contribution in [0, 0.1) is 11.6 Å². The maximum Gasteiger partial charge on any atom is 0.236 e. The van der Waals surface area contributed by atoms with E-state index in [1.54, 1.807) is 0 Å². The van der Waals surface area contributed by atoms with Crippen molar-refractivity contribution in [2.75, 3.05) is 39.3 Å². The van der Waals surface area contributed by atoms with Gasteiger partial charge in [0.1, 0.15) is 11.6 Å². The van der Waals surface area contributed by atoms with Gasteiger partial charge >= 0.3 is 0 Å². The summed E-state index contributed by atoms with van der Waals surface area (Å²) in [6, 6.07) is 10.4. The van der Waals surface area contributed by atoms with Crippen LogP contribution in [0.4, 0.5) is 8.78 Å². The molecular formula is C27H35F2N3O. The van der Waals surface area contributed by atoms with Gasteiger partial charge in [0.05, 0.1) is 6.54 Å². The van der Waals surface area contributed by atoms with Crippen LogP contribution < -0.4 is 0 Å². The third kappa shape index (κ3) is 5.61. The van der Waals surface area contributed by atoms with Gasteiger partial charge in [-0.2, -0.15) is 0 Å². The van der Waals surface area contributed by atoms with Gasteiger partial charge in [-0.05, 0) is 53.6 Å². The summed E-state index contributed by atoms with van der Waals surface area (Å²) in [4.78, 5) is 19.6. The van der Waals surface area contributed by atoms with Gasteiger partial charge in [0, 0.05) is 51.4 Å². The zero-order valence-corrected chi connectivity index (χ0v) is 19.8. The highest BCUT2D eigenvalue weighted by atomic mass is 19.1. The summed E-state index contributed by atoms with van der Waals surface area (Å²) in [5.74, 6) is -0.902. The standard InChI is InChI=1S/C25H29F2N3O.C2H6/c26-22-13-21(14-23(27)15-22)18-4-5-20-16-28(7-6-19(20)12-18)17-25(31)30-10-8-29(9-11-30)24-2-1-3-24;1-2/h4-5,12-15,24H,1-3,6-11,16-17H2;1-2H3. The van der Waals surface area contributed by atoms with Crippen LogP contribution in [-0.2, 0) is 17.8 Å². The summed E-state index contributed by atoms with van der Waals surface area (Å²) in [5.41, 5.74) is 3.76. The Morgan fingerprint density at radius 2 is 1.58 bits per heavy atom.